The minimum atomic E-state index is -0.659. The van der Waals surface area contributed by atoms with Gasteiger partial charge in [0.2, 0.25) is 0 Å². The number of carbonyl (C=O) groups excluding carboxylic acids is 2. The van der Waals surface area contributed by atoms with Gasteiger partial charge in [0.05, 0.1) is 36.5 Å². The zero-order chi connectivity index (χ0) is 19.6. The van der Waals surface area contributed by atoms with Crippen molar-refractivity contribution in [3.05, 3.63) is 63.7 Å². The molecule has 1 aliphatic rings. The Morgan fingerprint density at radius 1 is 1.07 bits per heavy atom. The summed E-state index contributed by atoms with van der Waals surface area (Å²) in [4.78, 5) is 35.7. The number of nitro benzene ring substituents is 1. The minimum absolute atomic E-state index is 0.0473. The van der Waals surface area contributed by atoms with Crippen molar-refractivity contribution in [2.75, 3.05) is 19.2 Å². The van der Waals surface area contributed by atoms with E-state index in [1.54, 1.807) is 30.3 Å². The summed E-state index contributed by atoms with van der Waals surface area (Å²) < 4.78 is 10.2. The summed E-state index contributed by atoms with van der Waals surface area (Å²) in [6.45, 7) is 0. The fourth-order valence-corrected chi connectivity index (χ4v) is 2.63. The summed E-state index contributed by atoms with van der Waals surface area (Å²) in [7, 11) is 2.73. The summed E-state index contributed by atoms with van der Waals surface area (Å²) in [5.41, 5.74) is 2.41. The number of carbonyl (C=O) groups is 2. The molecular formula is C18H15N3O6. The number of nitrogens with zero attached hydrogens (tertiary/aromatic N) is 2. The van der Waals surface area contributed by atoms with Crippen LogP contribution >= 0.6 is 0 Å². The van der Waals surface area contributed by atoms with Gasteiger partial charge < -0.3 is 9.47 Å². The summed E-state index contributed by atoms with van der Waals surface area (Å²) in [5.74, 6) is -0.872. The van der Waals surface area contributed by atoms with Gasteiger partial charge in [0, 0.05) is 0 Å². The maximum Gasteiger partial charge on any atom is 0.282 e. The number of hydrazine groups is 1. The first-order valence-corrected chi connectivity index (χ1v) is 7.79. The highest BCUT2D eigenvalue weighted by atomic mass is 16.6. The van der Waals surface area contributed by atoms with Gasteiger partial charge in [0.25, 0.3) is 17.5 Å². The van der Waals surface area contributed by atoms with Crippen molar-refractivity contribution in [3.8, 4) is 11.5 Å². The number of para-hydroxylation sites is 1. The van der Waals surface area contributed by atoms with Crippen LogP contribution in [0.5, 0.6) is 11.5 Å². The predicted octanol–water partition coefficient (Wildman–Crippen LogP) is 2.07. The Hall–Kier alpha value is -3.88. The second-order valence-electron chi connectivity index (χ2n) is 5.50. The smallest absolute Gasteiger partial charge is 0.282 e. The molecule has 0 saturated carbocycles. The van der Waals surface area contributed by atoms with Crippen LogP contribution in [0.25, 0.3) is 6.08 Å². The number of anilines is 1. The minimum Gasteiger partial charge on any atom is -0.493 e. The van der Waals surface area contributed by atoms with E-state index < -0.39 is 16.7 Å². The van der Waals surface area contributed by atoms with Crippen LogP contribution in [0.15, 0.2) is 48.0 Å². The molecule has 1 saturated heterocycles. The molecule has 3 rings (SSSR count). The highest BCUT2D eigenvalue weighted by Crippen LogP contribution is 2.36. The van der Waals surface area contributed by atoms with Gasteiger partial charge in [-0.25, -0.2) is 5.01 Å². The quantitative estimate of drug-likeness (QED) is 0.374. The van der Waals surface area contributed by atoms with Crippen LogP contribution in [0.2, 0.25) is 0 Å². The lowest BCUT2D eigenvalue weighted by molar-refractivity contribution is -0.385. The summed E-state index contributed by atoms with van der Waals surface area (Å²) in [6.07, 6.45) is 1.17. The Labute approximate surface area is 153 Å². The normalized spacial score (nSPS) is 15.0. The van der Waals surface area contributed by atoms with E-state index >= 15 is 0 Å². The number of rotatable bonds is 5. The van der Waals surface area contributed by atoms with Gasteiger partial charge in [0.15, 0.2) is 11.5 Å². The van der Waals surface area contributed by atoms with Crippen LogP contribution in [-0.4, -0.2) is 31.0 Å². The molecule has 2 aromatic rings. The molecule has 2 amide bonds. The molecule has 0 bridgehead atoms. The lowest BCUT2D eigenvalue weighted by Gasteiger charge is -2.13. The largest absolute Gasteiger partial charge is 0.493 e. The van der Waals surface area contributed by atoms with Crippen LogP contribution in [-0.2, 0) is 9.59 Å². The molecule has 1 N–H and O–H groups in total. The highest BCUT2D eigenvalue weighted by Gasteiger charge is 2.35. The Kier molecular flexibility index (Phi) is 4.75. The standard InChI is InChI=1S/C18H15N3O6/c1-26-15-9-11(14(21(24)25)10-16(15)27-2)8-13-17(22)19-20(18(13)23)12-6-4-3-5-7-12/h3-10H,1-2H3,(H,19,22)/b13-8+. The van der Waals surface area contributed by atoms with E-state index in [4.69, 9.17) is 9.47 Å². The van der Waals surface area contributed by atoms with Crippen molar-refractivity contribution in [1.29, 1.82) is 0 Å². The van der Waals surface area contributed by atoms with Gasteiger partial charge in [-0.1, -0.05) is 18.2 Å². The average molecular weight is 369 g/mol. The lowest BCUT2D eigenvalue weighted by Crippen LogP contribution is -2.35. The van der Waals surface area contributed by atoms with E-state index in [-0.39, 0.29) is 28.3 Å². The van der Waals surface area contributed by atoms with E-state index in [1.807, 2.05) is 0 Å². The van der Waals surface area contributed by atoms with Gasteiger partial charge in [0.1, 0.15) is 5.57 Å². The van der Waals surface area contributed by atoms with Gasteiger partial charge in [-0.2, -0.15) is 0 Å². The number of nitro groups is 1. The first-order chi connectivity index (χ1) is 13.0. The second kappa shape index (κ2) is 7.16. The molecule has 138 valence electrons. The SMILES string of the molecule is COc1cc(/C=C2\C(=O)NN(c3ccccc3)C2=O)c([N+](=O)[O-])cc1OC. The van der Waals surface area contributed by atoms with Crippen LogP contribution in [0, 0.1) is 10.1 Å². The number of ether oxygens (including phenoxy) is 2. The molecule has 1 heterocycles. The number of nitrogens with one attached hydrogen (secondary N) is 1. The van der Waals surface area contributed by atoms with Crippen molar-refractivity contribution in [3.63, 3.8) is 0 Å². The first kappa shape index (κ1) is 17.9. The maximum absolute atomic E-state index is 12.6. The Morgan fingerprint density at radius 2 is 1.70 bits per heavy atom. The molecule has 1 aliphatic heterocycles. The van der Waals surface area contributed by atoms with E-state index in [0.29, 0.717) is 5.69 Å². The van der Waals surface area contributed by atoms with Gasteiger partial charge in [-0.05, 0) is 24.3 Å². The molecule has 2 aromatic carbocycles. The molecule has 0 aromatic heterocycles. The lowest BCUT2D eigenvalue weighted by atomic mass is 10.1. The van der Waals surface area contributed by atoms with Gasteiger partial charge in [-0.15, -0.1) is 0 Å². The number of benzene rings is 2. The van der Waals surface area contributed by atoms with Crippen LogP contribution < -0.4 is 19.9 Å². The third kappa shape index (κ3) is 3.30. The average Bonchev–Trinajstić information content (AvgIpc) is 2.96. The van der Waals surface area contributed by atoms with E-state index in [1.165, 1.54) is 32.4 Å². The summed E-state index contributed by atoms with van der Waals surface area (Å²) >= 11 is 0. The summed E-state index contributed by atoms with van der Waals surface area (Å²) in [6, 6.07) is 11.0. The van der Waals surface area contributed by atoms with Crippen molar-refractivity contribution in [1.82, 2.24) is 5.43 Å². The van der Waals surface area contributed by atoms with Crippen molar-refractivity contribution >= 4 is 29.3 Å². The number of methoxy groups -OCH3 is 2. The molecular weight excluding hydrogens is 354 g/mol. The van der Waals surface area contributed by atoms with Crippen molar-refractivity contribution in [2.24, 2.45) is 0 Å². The molecule has 1 fully saturated rings. The van der Waals surface area contributed by atoms with E-state index in [2.05, 4.69) is 5.43 Å². The Balaban J connectivity index is 2.07. The predicted molar refractivity (Wildman–Crippen MR) is 96.2 cm³/mol. The van der Waals surface area contributed by atoms with E-state index in [9.17, 15) is 19.7 Å². The Bertz CT molecular complexity index is 955. The number of hydrogen-bond donors (Lipinski definition) is 1. The molecule has 0 spiro atoms. The van der Waals surface area contributed by atoms with Crippen LogP contribution in [0.3, 0.4) is 0 Å². The molecule has 0 radical (unpaired) electrons. The molecule has 27 heavy (non-hydrogen) atoms. The highest BCUT2D eigenvalue weighted by molar-refractivity contribution is 6.31. The third-order valence-electron chi connectivity index (χ3n) is 3.94. The molecule has 0 unspecified atom stereocenters. The van der Waals surface area contributed by atoms with Crippen molar-refractivity contribution < 1.29 is 24.0 Å². The maximum atomic E-state index is 12.6. The fraction of sp³-hybridized carbons (Fsp3) is 0.111. The third-order valence-corrected chi connectivity index (χ3v) is 3.94. The van der Waals surface area contributed by atoms with Crippen LogP contribution in [0.1, 0.15) is 5.56 Å². The number of hydrogen-bond acceptors (Lipinski definition) is 6. The van der Waals surface area contributed by atoms with E-state index in [0.717, 1.165) is 5.01 Å². The topological polar surface area (TPSA) is 111 Å². The molecule has 0 atom stereocenters. The second-order valence-corrected chi connectivity index (χ2v) is 5.50. The van der Waals surface area contributed by atoms with Gasteiger partial charge >= 0.3 is 0 Å². The van der Waals surface area contributed by atoms with Gasteiger partial charge in [-0.3, -0.25) is 25.1 Å². The van der Waals surface area contributed by atoms with Crippen molar-refractivity contribution in [2.45, 2.75) is 0 Å². The number of amides is 2. The first-order valence-electron chi connectivity index (χ1n) is 7.79. The fourth-order valence-electron chi connectivity index (χ4n) is 2.63. The zero-order valence-electron chi connectivity index (χ0n) is 14.5. The monoisotopic (exact) mass is 369 g/mol. The Morgan fingerprint density at radius 3 is 2.30 bits per heavy atom. The summed E-state index contributed by atoms with van der Waals surface area (Å²) in [5, 5.41) is 12.5. The molecule has 9 heteroatoms. The van der Waals surface area contributed by atoms with Crippen LogP contribution in [0.4, 0.5) is 11.4 Å². The zero-order valence-corrected chi connectivity index (χ0v) is 14.5. The molecule has 9 nitrogen and oxygen atoms in total. The molecule has 0 aliphatic carbocycles.